The number of thiazole rings is 2. The summed E-state index contributed by atoms with van der Waals surface area (Å²) in [7, 11) is 0. The highest BCUT2D eigenvalue weighted by Gasteiger charge is 2.24. The highest BCUT2D eigenvalue weighted by atomic mass is 32.1. The number of aromatic nitrogens is 4. The molecule has 4 heterocycles. The zero-order valence-corrected chi connectivity index (χ0v) is 25.1. The van der Waals surface area contributed by atoms with E-state index in [0.717, 1.165) is 54.5 Å². The molecule has 0 amide bonds. The first-order chi connectivity index (χ1) is 21.8. The Hall–Kier alpha value is -5.30. The lowest BCUT2D eigenvalue weighted by atomic mass is 9.79. The number of pyridine rings is 2. The normalized spacial score (nSPS) is 11.2. The lowest BCUT2D eigenvalue weighted by molar-refractivity contribution is 1.32. The van der Waals surface area contributed by atoms with E-state index in [1.54, 1.807) is 22.7 Å². The van der Waals surface area contributed by atoms with Crippen LogP contribution in [-0.4, -0.2) is 19.9 Å². The smallest absolute Gasteiger partial charge is 0.0818 e. The van der Waals surface area contributed by atoms with Gasteiger partial charge in [-0.3, -0.25) is 19.9 Å². The van der Waals surface area contributed by atoms with Crippen LogP contribution in [0, 0.1) is 0 Å². The number of rotatable bonds is 6. The fourth-order valence-corrected chi connectivity index (χ4v) is 7.08. The van der Waals surface area contributed by atoms with E-state index in [4.69, 9.17) is 9.97 Å². The van der Waals surface area contributed by atoms with Crippen molar-refractivity contribution in [2.24, 2.45) is 0 Å². The van der Waals surface area contributed by atoms with Gasteiger partial charge in [0.1, 0.15) is 0 Å². The second-order valence-corrected chi connectivity index (χ2v) is 12.1. The average molecular weight is 601 g/mol. The Morgan fingerprint density at radius 1 is 0.364 bits per heavy atom. The summed E-state index contributed by atoms with van der Waals surface area (Å²) >= 11 is 3.19. The maximum Gasteiger partial charge on any atom is 0.0818 e. The zero-order valence-electron chi connectivity index (χ0n) is 23.5. The van der Waals surface area contributed by atoms with Crippen LogP contribution in [-0.2, 0) is 0 Å². The van der Waals surface area contributed by atoms with Crippen molar-refractivity contribution in [3.63, 3.8) is 0 Å². The van der Waals surface area contributed by atoms with Gasteiger partial charge in [-0.05, 0) is 56.3 Å². The van der Waals surface area contributed by atoms with Gasteiger partial charge in [0.2, 0.25) is 0 Å². The monoisotopic (exact) mass is 600 g/mol. The molecule has 0 aliphatic rings. The molecule has 44 heavy (non-hydrogen) atoms. The minimum Gasteiger partial charge on any atom is -0.255 e. The van der Waals surface area contributed by atoms with Crippen molar-refractivity contribution >= 4 is 33.4 Å². The van der Waals surface area contributed by atoms with Gasteiger partial charge in [-0.15, -0.1) is 22.7 Å². The van der Waals surface area contributed by atoms with Crippen LogP contribution >= 0.6 is 22.7 Å². The number of benzene rings is 4. The topological polar surface area (TPSA) is 51.6 Å². The third kappa shape index (κ3) is 4.71. The molecule has 0 fully saturated rings. The zero-order chi connectivity index (χ0) is 29.3. The Morgan fingerprint density at radius 3 is 1.16 bits per heavy atom. The largest absolute Gasteiger partial charge is 0.255 e. The fourth-order valence-electron chi connectivity index (χ4n) is 5.88. The van der Waals surface area contributed by atoms with E-state index < -0.39 is 0 Å². The first-order valence-electron chi connectivity index (χ1n) is 14.3. The molecule has 4 aromatic carbocycles. The molecule has 0 unspecified atom stereocenters. The van der Waals surface area contributed by atoms with Crippen molar-refractivity contribution in [1.29, 1.82) is 0 Å². The first-order valence-corrected chi connectivity index (χ1v) is 16.0. The van der Waals surface area contributed by atoms with E-state index >= 15 is 0 Å². The SMILES string of the molecule is c1ccc(-c2c(-c3ccccc3)c(-c3ccc(-c4cncs4)nc3)c3ccccc3c2-c2ccc(-c3cncs3)nc2)cc1. The molecule has 0 N–H and O–H groups in total. The quantitative estimate of drug-likeness (QED) is 0.191. The van der Waals surface area contributed by atoms with Crippen LogP contribution in [0.25, 0.3) is 76.4 Å². The molecule has 0 saturated heterocycles. The number of fused-ring (bicyclic) bond motifs is 1. The summed E-state index contributed by atoms with van der Waals surface area (Å²) in [5.41, 5.74) is 14.6. The minimum absolute atomic E-state index is 0.925. The summed E-state index contributed by atoms with van der Waals surface area (Å²) in [5, 5.41) is 2.33. The molecule has 0 radical (unpaired) electrons. The summed E-state index contributed by atoms with van der Waals surface area (Å²) in [5.74, 6) is 0. The van der Waals surface area contributed by atoms with Gasteiger partial charge < -0.3 is 0 Å². The van der Waals surface area contributed by atoms with E-state index in [1.165, 1.54) is 21.9 Å². The molecule has 0 saturated carbocycles. The van der Waals surface area contributed by atoms with Crippen LogP contribution in [0.1, 0.15) is 0 Å². The molecule has 0 aliphatic heterocycles. The van der Waals surface area contributed by atoms with Gasteiger partial charge in [0.15, 0.2) is 0 Å². The Labute approximate surface area is 263 Å². The van der Waals surface area contributed by atoms with E-state index in [1.807, 2.05) is 35.8 Å². The summed E-state index contributed by atoms with van der Waals surface area (Å²) < 4.78 is 0. The molecule has 0 aliphatic carbocycles. The van der Waals surface area contributed by atoms with Gasteiger partial charge in [0, 0.05) is 35.9 Å². The van der Waals surface area contributed by atoms with E-state index in [-0.39, 0.29) is 0 Å². The van der Waals surface area contributed by atoms with E-state index in [2.05, 4.69) is 119 Å². The van der Waals surface area contributed by atoms with E-state index in [9.17, 15) is 0 Å². The van der Waals surface area contributed by atoms with Gasteiger partial charge in [-0.1, -0.05) is 97.1 Å². The Kier molecular flexibility index (Phi) is 6.83. The van der Waals surface area contributed by atoms with Crippen LogP contribution in [0.15, 0.2) is 145 Å². The van der Waals surface area contributed by atoms with Crippen LogP contribution in [0.3, 0.4) is 0 Å². The maximum absolute atomic E-state index is 4.91. The number of nitrogens with zero attached hydrogens (tertiary/aromatic N) is 4. The third-order valence-electron chi connectivity index (χ3n) is 7.81. The second kappa shape index (κ2) is 11.4. The first kappa shape index (κ1) is 26.3. The van der Waals surface area contributed by atoms with Crippen molar-refractivity contribution in [2.45, 2.75) is 0 Å². The fraction of sp³-hybridized carbons (Fsp3) is 0. The molecule has 6 heteroatoms. The summed E-state index contributed by atoms with van der Waals surface area (Å²) in [6.07, 6.45) is 7.74. The minimum atomic E-state index is 0.925. The number of hydrogen-bond acceptors (Lipinski definition) is 6. The highest BCUT2D eigenvalue weighted by molar-refractivity contribution is 7.13. The molecular weight excluding hydrogens is 577 g/mol. The lowest BCUT2D eigenvalue weighted by Crippen LogP contribution is -1.98. The highest BCUT2D eigenvalue weighted by Crippen LogP contribution is 2.50. The molecule has 4 nitrogen and oxygen atoms in total. The maximum atomic E-state index is 4.91. The van der Waals surface area contributed by atoms with Gasteiger partial charge in [0.25, 0.3) is 0 Å². The molecule has 0 spiro atoms. The molecule has 208 valence electrons. The van der Waals surface area contributed by atoms with Crippen molar-refractivity contribution in [3.05, 3.63) is 145 Å². The lowest BCUT2D eigenvalue weighted by Gasteiger charge is -2.24. The molecule has 0 atom stereocenters. The molecule has 0 bridgehead atoms. The summed E-state index contributed by atoms with van der Waals surface area (Å²) in [6, 6.07) is 38.7. The van der Waals surface area contributed by atoms with Crippen molar-refractivity contribution < 1.29 is 0 Å². The molecular formula is C38H24N4S2. The molecule has 8 rings (SSSR count). The third-order valence-corrected chi connectivity index (χ3v) is 9.41. The van der Waals surface area contributed by atoms with Gasteiger partial charge in [-0.2, -0.15) is 0 Å². The van der Waals surface area contributed by atoms with Crippen molar-refractivity contribution in [3.8, 4) is 65.6 Å². The van der Waals surface area contributed by atoms with Crippen LogP contribution in [0.4, 0.5) is 0 Å². The Morgan fingerprint density at radius 2 is 0.795 bits per heavy atom. The average Bonchev–Trinajstić information content (AvgIpc) is 3.84. The Balaban J connectivity index is 1.47. The predicted molar refractivity (Wildman–Crippen MR) is 183 cm³/mol. The van der Waals surface area contributed by atoms with Crippen LogP contribution < -0.4 is 0 Å². The van der Waals surface area contributed by atoms with E-state index in [0.29, 0.717) is 0 Å². The Bertz CT molecular complexity index is 2020. The standard InChI is InChI=1S/C38H24N4S2/c1-3-9-25(10-4-1)37-35(27-15-17-31(41-19-27)33-21-39-23-43-33)29-13-7-8-14-30(29)36(38(37)26-11-5-2-6-12-26)28-16-18-32(42-20-28)34-22-40-24-44-34/h1-24H. The van der Waals surface area contributed by atoms with Crippen LogP contribution in [0.5, 0.6) is 0 Å². The second-order valence-electron chi connectivity index (χ2n) is 10.4. The van der Waals surface area contributed by atoms with Crippen LogP contribution in [0.2, 0.25) is 0 Å². The van der Waals surface area contributed by atoms with Crippen molar-refractivity contribution in [2.75, 3.05) is 0 Å². The van der Waals surface area contributed by atoms with Gasteiger partial charge in [-0.25, -0.2) is 0 Å². The van der Waals surface area contributed by atoms with Crippen molar-refractivity contribution in [1.82, 2.24) is 19.9 Å². The number of hydrogen-bond donors (Lipinski definition) is 0. The summed E-state index contributed by atoms with van der Waals surface area (Å²) in [6.45, 7) is 0. The van der Waals surface area contributed by atoms with Gasteiger partial charge in [0.05, 0.1) is 32.2 Å². The summed E-state index contributed by atoms with van der Waals surface area (Å²) in [4.78, 5) is 20.4. The molecule has 8 aromatic rings. The predicted octanol–water partition coefficient (Wildman–Crippen LogP) is 10.5. The van der Waals surface area contributed by atoms with Gasteiger partial charge >= 0.3 is 0 Å². The molecule has 4 aromatic heterocycles.